The van der Waals surface area contributed by atoms with E-state index in [0.717, 1.165) is 34.2 Å². The number of methoxy groups -OCH3 is 1. The van der Waals surface area contributed by atoms with Crippen molar-refractivity contribution in [3.05, 3.63) is 64.1 Å². The van der Waals surface area contributed by atoms with E-state index in [9.17, 15) is 14.4 Å². The summed E-state index contributed by atoms with van der Waals surface area (Å²) in [5.41, 5.74) is 2.92. The first-order chi connectivity index (χ1) is 15.8. The number of hydrogen-bond donors (Lipinski definition) is 0. The molecule has 0 saturated carbocycles. The second-order valence-electron chi connectivity index (χ2n) is 7.81. The Morgan fingerprint density at radius 1 is 1.09 bits per heavy atom. The lowest BCUT2D eigenvalue weighted by Gasteiger charge is -2.17. The Kier molecular flexibility index (Phi) is 8.16. The van der Waals surface area contributed by atoms with Crippen LogP contribution in [0.15, 0.2) is 47.4 Å². The Balaban J connectivity index is 1.60. The minimum absolute atomic E-state index is 0.174. The summed E-state index contributed by atoms with van der Waals surface area (Å²) in [6.45, 7) is 6.40. The summed E-state index contributed by atoms with van der Waals surface area (Å²) in [6, 6.07) is 12.9. The lowest BCUT2D eigenvalue weighted by molar-refractivity contribution is -0.142. The van der Waals surface area contributed by atoms with Crippen molar-refractivity contribution < 1.29 is 28.6 Å². The number of nitrogens with zero attached hydrogens (tertiary/aromatic N) is 1. The predicted octanol–water partition coefficient (Wildman–Crippen LogP) is 4.79. The largest absolute Gasteiger partial charge is 0.491 e. The average Bonchev–Trinajstić information content (AvgIpc) is 3.05. The van der Waals surface area contributed by atoms with Gasteiger partial charge in [0.05, 0.1) is 18.6 Å². The fraction of sp³-hybridized carbons (Fsp3) is 0.320. The van der Waals surface area contributed by atoms with Crippen LogP contribution >= 0.6 is 11.8 Å². The van der Waals surface area contributed by atoms with Crippen molar-refractivity contribution in [2.45, 2.75) is 26.7 Å². The van der Waals surface area contributed by atoms with Crippen LogP contribution in [0.3, 0.4) is 0 Å². The summed E-state index contributed by atoms with van der Waals surface area (Å²) in [5, 5.41) is -0.318. The molecule has 0 aromatic heterocycles. The van der Waals surface area contributed by atoms with Gasteiger partial charge in [0, 0.05) is 0 Å². The molecule has 0 unspecified atom stereocenters. The number of imide groups is 1. The minimum Gasteiger partial charge on any atom is -0.491 e. The highest BCUT2D eigenvalue weighted by Crippen LogP contribution is 2.33. The van der Waals surface area contributed by atoms with Gasteiger partial charge in [-0.3, -0.25) is 14.5 Å². The second-order valence-corrected chi connectivity index (χ2v) is 8.80. The number of rotatable bonds is 9. The second kappa shape index (κ2) is 11.0. The number of carbonyl (C=O) groups is 3. The lowest BCUT2D eigenvalue weighted by Crippen LogP contribution is -2.32. The van der Waals surface area contributed by atoms with Gasteiger partial charge in [-0.2, -0.15) is 0 Å². The van der Waals surface area contributed by atoms with Gasteiger partial charge in [0.1, 0.15) is 18.1 Å². The zero-order valence-corrected chi connectivity index (χ0v) is 19.9. The van der Waals surface area contributed by atoms with Gasteiger partial charge in [0.25, 0.3) is 11.1 Å². The highest BCUT2D eigenvalue weighted by Gasteiger charge is 2.34. The van der Waals surface area contributed by atoms with E-state index in [4.69, 9.17) is 9.47 Å². The number of ether oxygens (including phenoxy) is 3. The van der Waals surface area contributed by atoms with Gasteiger partial charge in [0.2, 0.25) is 0 Å². The quantitative estimate of drug-likeness (QED) is 0.386. The smallest absolute Gasteiger partial charge is 0.343 e. The zero-order valence-electron chi connectivity index (χ0n) is 19.1. The molecule has 2 amide bonds. The van der Waals surface area contributed by atoms with E-state index < -0.39 is 5.97 Å². The van der Waals surface area contributed by atoms with Crippen LogP contribution in [0.25, 0.3) is 6.08 Å². The highest BCUT2D eigenvalue weighted by molar-refractivity contribution is 8.18. The molecule has 0 bridgehead atoms. The fourth-order valence-corrected chi connectivity index (χ4v) is 4.06. The molecule has 0 atom stereocenters. The van der Waals surface area contributed by atoms with E-state index in [2.05, 4.69) is 18.6 Å². The number of hydrogen-bond acceptors (Lipinski definition) is 7. The molecule has 2 aromatic rings. The Morgan fingerprint density at radius 3 is 2.48 bits per heavy atom. The standard InChI is InChI=1S/C25H27NO6S/c1-16(2)20-10-5-17(3)13-21(20)31-12-11-26-24(28)22(33-25(26)29)14-18-6-8-19(9-7-18)32-15-23(27)30-4/h5-10,13-14,16H,11-12,15H2,1-4H3/b22-14-. The highest BCUT2D eigenvalue weighted by atomic mass is 32.2. The number of thioether (sulfide) groups is 1. The summed E-state index contributed by atoms with van der Waals surface area (Å²) < 4.78 is 15.8. The first kappa shape index (κ1) is 24.4. The van der Waals surface area contributed by atoms with Crippen molar-refractivity contribution in [1.82, 2.24) is 4.90 Å². The molecule has 3 rings (SSSR count). The van der Waals surface area contributed by atoms with E-state index in [1.165, 1.54) is 12.0 Å². The van der Waals surface area contributed by atoms with Gasteiger partial charge in [-0.1, -0.05) is 38.1 Å². The average molecular weight is 470 g/mol. The minimum atomic E-state index is -0.473. The van der Waals surface area contributed by atoms with Crippen LogP contribution in [0, 0.1) is 6.92 Å². The van der Waals surface area contributed by atoms with Crippen LogP contribution in [0.4, 0.5) is 4.79 Å². The number of aryl methyl sites for hydroxylation is 1. The van der Waals surface area contributed by atoms with E-state index in [-0.39, 0.29) is 30.9 Å². The molecule has 2 aromatic carbocycles. The van der Waals surface area contributed by atoms with Crippen LogP contribution in [0.5, 0.6) is 11.5 Å². The van der Waals surface area contributed by atoms with E-state index >= 15 is 0 Å². The molecule has 0 aliphatic carbocycles. The third-order valence-corrected chi connectivity index (χ3v) is 5.91. The van der Waals surface area contributed by atoms with Crippen LogP contribution in [-0.4, -0.2) is 48.9 Å². The van der Waals surface area contributed by atoms with Gasteiger partial charge < -0.3 is 14.2 Å². The molecule has 33 heavy (non-hydrogen) atoms. The fourth-order valence-electron chi connectivity index (χ4n) is 3.20. The maximum Gasteiger partial charge on any atom is 0.343 e. The summed E-state index contributed by atoms with van der Waals surface area (Å²) in [4.78, 5) is 37.9. The van der Waals surface area contributed by atoms with Crippen LogP contribution in [-0.2, 0) is 14.3 Å². The number of esters is 1. The van der Waals surface area contributed by atoms with Crippen LogP contribution in [0.2, 0.25) is 0 Å². The topological polar surface area (TPSA) is 82.1 Å². The van der Waals surface area contributed by atoms with Crippen molar-refractivity contribution in [2.75, 3.05) is 26.9 Å². The molecule has 1 saturated heterocycles. The monoisotopic (exact) mass is 469 g/mol. The van der Waals surface area contributed by atoms with Crippen molar-refractivity contribution >= 4 is 35.0 Å². The van der Waals surface area contributed by atoms with Crippen LogP contribution < -0.4 is 9.47 Å². The van der Waals surface area contributed by atoms with E-state index in [0.29, 0.717) is 16.6 Å². The summed E-state index contributed by atoms with van der Waals surface area (Å²) in [5.74, 6) is 0.771. The van der Waals surface area contributed by atoms with E-state index in [1.807, 2.05) is 25.1 Å². The number of carbonyl (C=O) groups excluding carboxylic acids is 3. The van der Waals surface area contributed by atoms with Crippen molar-refractivity contribution in [3.63, 3.8) is 0 Å². The SMILES string of the molecule is COC(=O)COc1ccc(/C=C2\SC(=O)N(CCOc3cc(C)ccc3C(C)C)C2=O)cc1. The summed E-state index contributed by atoms with van der Waals surface area (Å²) in [7, 11) is 1.29. The molecular weight excluding hydrogens is 442 g/mol. The lowest BCUT2D eigenvalue weighted by atomic mass is 10.0. The van der Waals surface area contributed by atoms with Crippen molar-refractivity contribution in [3.8, 4) is 11.5 Å². The molecular formula is C25H27NO6S. The summed E-state index contributed by atoms with van der Waals surface area (Å²) >= 11 is 0.905. The van der Waals surface area contributed by atoms with Gasteiger partial charge >= 0.3 is 5.97 Å². The van der Waals surface area contributed by atoms with Gasteiger partial charge in [-0.05, 0) is 65.6 Å². The molecule has 0 radical (unpaired) electrons. The normalized spacial score (nSPS) is 14.8. The molecule has 7 nitrogen and oxygen atoms in total. The molecule has 1 heterocycles. The Bertz CT molecular complexity index is 1060. The maximum atomic E-state index is 12.8. The maximum absolute atomic E-state index is 12.8. The van der Waals surface area contributed by atoms with E-state index in [1.54, 1.807) is 30.3 Å². The Morgan fingerprint density at radius 2 is 1.82 bits per heavy atom. The molecule has 0 spiro atoms. The van der Waals surface area contributed by atoms with Gasteiger partial charge in [-0.15, -0.1) is 0 Å². The third-order valence-electron chi connectivity index (χ3n) is 5.00. The zero-order chi connectivity index (χ0) is 24.0. The Hall–Kier alpha value is -3.26. The van der Waals surface area contributed by atoms with Gasteiger partial charge in [-0.25, -0.2) is 4.79 Å². The van der Waals surface area contributed by atoms with Crippen molar-refractivity contribution in [1.29, 1.82) is 0 Å². The molecule has 8 heteroatoms. The molecule has 1 aliphatic heterocycles. The summed E-state index contributed by atoms with van der Waals surface area (Å²) in [6.07, 6.45) is 1.66. The number of amides is 2. The molecule has 0 N–H and O–H groups in total. The first-order valence-electron chi connectivity index (χ1n) is 10.6. The number of benzene rings is 2. The van der Waals surface area contributed by atoms with Crippen LogP contribution in [0.1, 0.15) is 36.5 Å². The first-order valence-corrected chi connectivity index (χ1v) is 11.4. The predicted molar refractivity (Wildman–Crippen MR) is 127 cm³/mol. The molecule has 1 aliphatic rings. The molecule has 174 valence electrons. The van der Waals surface area contributed by atoms with Crippen molar-refractivity contribution in [2.24, 2.45) is 0 Å². The van der Waals surface area contributed by atoms with Gasteiger partial charge in [0.15, 0.2) is 6.61 Å². The Labute approximate surface area is 197 Å². The molecule has 1 fully saturated rings. The third kappa shape index (κ3) is 6.38.